The van der Waals surface area contributed by atoms with Gasteiger partial charge in [-0.2, -0.15) is 5.10 Å². The van der Waals surface area contributed by atoms with Crippen LogP contribution in [0, 0.1) is 0 Å². The minimum Gasteiger partial charge on any atom is -0.492 e. The number of nitrogens with zero attached hydrogens (tertiary/aromatic N) is 2. The third-order valence-electron chi connectivity index (χ3n) is 3.85. The van der Waals surface area contributed by atoms with Gasteiger partial charge >= 0.3 is 0 Å². The van der Waals surface area contributed by atoms with E-state index < -0.39 is 0 Å². The Morgan fingerprint density at radius 1 is 1.39 bits per heavy atom. The number of carbonyl (C=O) groups excluding carboxylic acids is 1. The summed E-state index contributed by atoms with van der Waals surface area (Å²) in [5.41, 5.74) is 3.08. The van der Waals surface area contributed by atoms with Gasteiger partial charge < -0.3 is 14.8 Å². The van der Waals surface area contributed by atoms with Gasteiger partial charge in [0.2, 0.25) is 0 Å². The van der Waals surface area contributed by atoms with E-state index in [4.69, 9.17) is 9.47 Å². The number of hydrogen-bond donors (Lipinski definition) is 1. The van der Waals surface area contributed by atoms with Crippen molar-refractivity contribution in [1.82, 2.24) is 9.78 Å². The first-order chi connectivity index (χ1) is 11.2. The lowest BCUT2D eigenvalue weighted by Gasteiger charge is -2.14. The molecular formula is C17H21N3O3. The normalized spacial score (nSPS) is 13.5. The third kappa shape index (κ3) is 3.07. The molecule has 0 unspecified atom stereocenters. The van der Waals surface area contributed by atoms with Crippen LogP contribution in [0.1, 0.15) is 35.6 Å². The summed E-state index contributed by atoms with van der Waals surface area (Å²) in [6.45, 7) is 6.33. The maximum atomic E-state index is 12.7. The Kier molecular flexibility index (Phi) is 4.62. The molecule has 0 saturated heterocycles. The number of ether oxygens (including phenoxy) is 2. The monoisotopic (exact) mass is 315 g/mol. The molecule has 1 aliphatic rings. The zero-order valence-corrected chi connectivity index (χ0v) is 13.5. The van der Waals surface area contributed by atoms with Crippen LogP contribution in [0.15, 0.2) is 24.3 Å². The highest BCUT2D eigenvalue weighted by Crippen LogP contribution is 2.26. The van der Waals surface area contributed by atoms with Crippen molar-refractivity contribution in [1.29, 1.82) is 0 Å². The number of carbonyl (C=O) groups is 1. The maximum absolute atomic E-state index is 12.7. The van der Waals surface area contributed by atoms with Gasteiger partial charge in [-0.15, -0.1) is 0 Å². The fourth-order valence-electron chi connectivity index (χ4n) is 2.79. The van der Waals surface area contributed by atoms with Crippen molar-refractivity contribution >= 4 is 11.6 Å². The van der Waals surface area contributed by atoms with Crippen molar-refractivity contribution in [3.05, 3.63) is 41.2 Å². The lowest BCUT2D eigenvalue weighted by atomic mass is 10.1. The zero-order valence-electron chi connectivity index (χ0n) is 13.5. The molecule has 1 aliphatic heterocycles. The topological polar surface area (TPSA) is 65.4 Å². The minimum absolute atomic E-state index is 0.230. The Hall–Kier alpha value is -2.34. The van der Waals surface area contributed by atoms with Crippen LogP contribution < -0.4 is 10.1 Å². The van der Waals surface area contributed by atoms with Crippen molar-refractivity contribution in [3.8, 4) is 5.75 Å². The van der Waals surface area contributed by atoms with E-state index in [0.29, 0.717) is 37.0 Å². The minimum atomic E-state index is -0.230. The van der Waals surface area contributed by atoms with E-state index in [-0.39, 0.29) is 5.91 Å². The number of hydrogen-bond acceptors (Lipinski definition) is 4. The predicted octanol–water partition coefficient (Wildman–Crippen LogP) is 2.63. The first-order valence-corrected chi connectivity index (χ1v) is 7.94. The Morgan fingerprint density at radius 3 is 3.00 bits per heavy atom. The summed E-state index contributed by atoms with van der Waals surface area (Å²) in [7, 11) is 0. The van der Waals surface area contributed by atoms with E-state index in [0.717, 1.165) is 24.2 Å². The molecule has 1 aromatic heterocycles. The quantitative estimate of drug-likeness (QED) is 0.921. The molecule has 0 atom stereocenters. The van der Waals surface area contributed by atoms with Crippen LogP contribution >= 0.6 is 0 Å². The average Bonchev–Trinajstić information content (AvgIpc) is 2.96. The molecule has 6 nitrogen and oxygen atoms in total. The van der Waals surface area contributed by atoms with Gasteiger partial charge in [0.15, 0.2) is 5.69 Å². The summed E-state index contributed by atoms with van der Waals surface area (Å²) in [4.78, 5) is 12.7. The largest absolute Gasteiger partial charge is 0.492 e. The van der Waals surface area contributed by atoms with Gasteiger partial charge in [0.1, 0.15) is 5.75 Å². The first kappa shape index (κ1) is 15.6. The number of benzene rings is 1. The molecule has 1 amide bonds. The van der Waals surface area contributed by atoms with Crippen molar-refractivity contribution in [2.24, 2.45) is 0 Å². The predicted molar refractivity (Wildman–Crippen MR) is 86.8 cm³/mol. The number of amides is 1. The number of aromatic nitrogens is 2. The molecule has 0 spiro atoms. The van der Waals surface area contributed by atoms with E-state index >= 15 is 0 Å². The fourth-order valence-corrected chi connectivity index (χ4v) is 2.79. The van der Waals surface area contributed by atoms with Crippen molar-refractivity contribution < 1.29 is 14.3 Å². The Labute approximate surface area is 135 Å². The molecule has 0 bridgehead atoms. The van der Waals surface area contributed by atoms with E-state index in [1.54, 1.807) is 0 Å². The van der Waals surface area contributed by atoms with Crippen LogP contribution in [0.3, 0.4) is 0 Å². The number of nitrogens with one attached hydrogen (secondary N) is 1. The highest BCUT2D eigenvalue weighted by atomic mass is 16.5. The van der Waals surface area contributed by atoms with E-state index in [9.17, 15) is 4.79 Å². The van der Waals surface area contributed by atoms with Crippen LogP contribution in [-0.2, 0) is 24.3 Å². The highest BCUT2D eigenvalue weighted by Gasteiger charge is 2.25. The second-order valence-electron chi connectivity index (χ2n) is 5.28. The molecule has 2 aromatic rings. The fraction of sp³-hybridized carbons (Fsp3) is 0.412. The van der Waals surface area contributed by atoms with Gasteiger partial charge in [0.05, 0.1) is 25.5 Å². The number of aryl methyl sites for hydroxylation is 1. The summed E-state index contributed by atoms with van der Waals surface area (Å²) >= 11 is 0. The number of anilines is 1. The second-order valence-corrected chi connectivity index (χ2v) is 5.28. The molecule has 0 saturated carbocycles. The lowest BCUT2D eigenvalue weighted by Crippen LogP contribution is -2.17. The lowest BCUT2D eigenvalue weighted by molar-refractivity contribution is 0.0984. The Balaban J connectivity index is 1.88. The molecule has 1 aromatic carbocycles. The van der Waals surface area contributed by atoms with Crippen LogP contribution in [0.5, 0.6) is 5.75 Å². The summed E-state index contributed by atoms with van der Waals surface area (Å²) in [5, 5.41) is 7.37. The summed E-state index contributed by atoms with van der Waals surface area (Å²) < 4.78 is 12.9. The highest BCUT2D eigenvalue weighted by molar-refractivity contribution is 6.04. The maximum Gasteiger partial charge on any atom is 0.276 e. The van der Waals surface area contributed by atoms with Gasteiger partial charge in [-0.3, -0.25) is 9.48 Å². The smallest absolute Gasteiger partial charge is 0.276 e. The SMILES string of the molecule is CCOc1ccccc1NC(=O)c1nn(CC)c2c1COCC2. The molecule has 0 radical (unpaired) electrons. The summed E-state index contributed by atoms with van der Waals surface area (Å²) in [6.07, 6.45) is 0.791. The van der Waals surface area contributed by atoms with Crippen LogP contribution in [0.4, 0.5) is 5.69 Å². The number of para-hydroxylation sites is 2. The van der Waals surface area contributed by atoms with E-state index in [1.165, 1.54) is 0 Å². The molecule has 23 heavy (non-hydrogen) atoms. The van der Waals surface area contributed by atoms with Crippen LogP contribution in [-0.4, -0.2) is 28.9 Å². The summed E-state index contributed by atoms with van der Waals surface area (Å²) in [5.74, 6) is 0.425. The molecule has 6 heteroatoms. The Morgan fingerprint density at radius 2 is 2.22 bits per heavy atom. The molecule has 3 rings (SSSR count). The molecule has 0 aliphatic carbocycles. The van der Waals surface area contributed by atoms with Crippen molar-refractivity contribution in [2.45, 2.75) is 33.4 Å². The second kappa shape index (κ2) is 6.83. The zero-order chi connectivity index (χ0) is 16.2. The first-order valence-electron chi connectivity index (χ1n) is 7.94. The number of fused-ring (bicyclic) bond motifs is 1. The van der Waals surface area contributed by atoms with E-state index in [2.05, 4.69) is 10.4 Å². The number of rotatable bonds is 5. The van der Waals surface area contributed by atoms with Gasteiger partial charge in [0, 0.05) is 24.2 Å². The van der Waals surface area contributed by atoms with Gasteiger partial charge in [-0.1, -0.05) is 12.1 Å². The van der Waals surface area contributed by atoms with Crippen molar-refractivity contribution in [2.75, 3.05) is 18.5 Å². The molecule has 122 valence electrons. The van der Waals surface area contributed by atoms with Crippen LogP contribution in [0.2, 0.25) is 0 Å². The summed E-state index contributed by atoms with van der Waals surface area (Å²) in [6, 6.07) is 7.40. The standard InChI is InChI=1S/C17H21N3O3/c1-3-20-14-9-10-22-11-12(14)16(19-20)17(21)18-13-7-5-6-8-15(13)23-4-2/h5-8H,3-4,9-11H2,1-2H3,(H,18,21). The van der Waals surface area contributed by atoms with E-state index in [1.807, 2.05) is 42.8 Å². The van der Waals surface area contributed by atoms with Crippen LogP contribution in [0.25, 0.3) is 0 Å². The molecule has 2 heterocycles. The van der Waals surface area contributed by atoms with Gasteiger partial charge in [0.25, 0.3) is 5.91 Å². The molecular weight excluding hydrogens is 294 g/mol. The molecule has 1 N–H and O–H groups in total. The van der Waals surface area contributed by atoms with Crippen molar-refractivity contribution in [3.63, 3.8) is 0 Å². The van der Waals surface area contributed by atoms with Gasteiger partial charge in [-0.05, 0) is 26.0 Å². The Bertz CT molecular complexity index is 709. The third-order valence-corrected chi connectivity index (χ3v) is 3.85. The average molecular weight is 315 g/mol. The van der Waals surface area contributed by atoms with Gasteiger partial charge in [-0.25, -0.2) is 0 Å². The molecule has 0 fully saturated rings.